The van der Waals surface area contributed by atoms with Crippen molar-refractivity contribution in [2.24, 2.45) is 0 Å². The molecule has 0 saturated carbocycles. The quantitative estimate of drug-likeness (QED) is 0.375. The Kier molecular flexibility index (Phi) is 6.50. The molecular weight excluding hydrogens is 450 g/mol. The highest BCUT2D eigenvalue weighted by Crippen LogP contribution is 2.36. The van der Waals surface area contributed by atoms with E-state index < -0.39 is 13.8 Å². The third-order valence-electron chi connectivity index (χ3n) is 6.08. The van der Waals surface area contributed by atoms with Crippen LogP contribution in [0.15, 0.2) is 45.6 Å². The zero-order valence-electron chi connectivity index (χ0n) is 20.3. The van der Waals surface area contributed by atoms with Crippen LogP contribution in [0.5, 0.6) is 0 Å². The van der Waals surface area contributed by atoms with Gasteiger partial charge in [-0.25, -0.2) is 9.36 Å². The van der Waals surface area contributed by atoms with Crippen LogP contribution in [0.2, 0.25) is 25.7 Å². The summed E-state index contributed by atoms with van der Waals surface area (Å²) in [6, 6.07) is 11.8. The molecule has 1 unspecified atom stereocenters. The van der Waals surface area contributed by atoms with Gasteiger partial charge in [-0.15, -0.1) is 0 Å². The number of oxazole rings is 1. The van der Waals surface area contributed by atoms with Crippen molar-refractivity contribution in [1.29, 1.82) is 0 Å². The molecule has 0 fully saturated rings. The molecule has 0 spiro atoms. The number of carbonyl (C=O) groups excluding carboxylic acids is 2. The first-order chi connectivity index (χ1) is 16.0. The number of nitrogens with one attached hydrogen (secondary N) is 1. The van der Waals surface area contributed by atoms with Crippen molar-refractivity contribution in [2.75, 3.05) is 11.9 Å². The number of anilines is 1. The van der Waals surface area contributed by atoms with Crippen molar-refractivity contribution in [3.05, 3.63) is 63.6 Å². The van der Waals surface area contributed by atoms with Gasteiger partial charge in [-0.2, -0.15) is 0 Å². The lowest BCUT2D eigenvalue weighted by Crippen LogP contribution is -2.26. The average Bonchev–Trinajstić information content (AvgIpc) is 3.18. The monoisotopic (exact) mass is 481 g/mol. The van der Waals surface area contributed by atoms with E-state index in [1.165, 1.54) is 11.5 Å². The SMILES string of the molecule is CC(=O)Nc1ccc2c(c1)C(C)N(Cc1ccc3c(c1)oc(=O)n3COCC[Si](C)(C)C)C2=O. The number of carbonyl (C=O) groups is 2. The van der Waals surface area contributed by atoms with Gasteiger partial charge in [-0.3, -0.25) is 9.59 Å². The van der Waals surface area contributed by atoms with Crippen molar-refractivity contribution in [3.8, 4) is 0 Å². The fourth-order valence-electron chi connectivity index (χ4n) is 4.15. The molecule has 0 radical (unpaired) electrons. The van der Waals surface area contributed by atoms with E-state index in [0.717, 1.165) is 17.2 Å². The number of nitrogens with zero attached hydrogens (tertiary/aromatic N) is 2. The molecule has 34 heavy (non-hydrogen) atoms. The molecule has 0 bridgehead atoms. The van der Waals surface area contributed by atoms with Gasteiger partial charge in [0.25, 0.3) is 5.91 Å². The van der Waals surface area contributed by atoms with Gasteiger partial charge in [0.1, 0.15) is 6.73 Å². The topological polar surface area (TPSA) is 93.8 Å². The number of hydrogen-bond donors (Lipinski definition) is 1. The highest BCUT2D eigenvalue weighted by atomic mass is 28.3. The normalized spacial score (nSPS) is 15.7. The van der Waals surface area contributed by atoms with E-state index in [2.05, 4.69) is 25.0 Å². The molecule has 0 aliphatic carbocycles. The molecule has 2 aromatic carbocycles. The van der Waals surface area contributed by atoms with Crippen LogP contribution in [0.25, 0.3) is 11.1 Å². The van der Waals surface area contributed by atoms with Gasteiger partial charge < -0.3 is 19.4 Å². The van der Waals surface area contributed by atoms with Crippen LogP contribution in [0, 0.1) is 0 Å². The summed E-state index contributed by atoms with van der Waals surface area (Å²) in [5, 5.41) is 2.77. The number of rotatable bonds is 8. The third-order valence-corrected chi connectivity index (χ3v) is 7.79. The average molecular weight is 482 g/mol. The molecule has 1 aromatic heterocycles. The Morgan fingerprint density at radius 3 is 2.62 bits per heavy atom. The number of aromatic nitrogens is 1. The highest BCUT2D eigenvalue weighted by molar-refractivity contribution is 6.76. The highest BCUT2D eigenvalue weighted by Gasteiger charge is 2.34. The van der Waals surface area contributed by atoms with Gasteiger partial charge in [-0.1, -0.05) is 25.7 Å². The van der Waals surface area contributed by atoms with Crippen molar-refractivity contribution in [2.45, 2.75) is 58.9 Å². The van der Waals surface area contributed by atoms with Gasteiger partial charge in [0.15, 0.2) is 5.58 Å². The zero-order valence-corrected chi connectivity index (χ0v) is 21.3. The maximum Gasteiger partial charge on any atom is 0.421 e. The first kappa shape index (κ1) is 24.0. The Balaban J connectivity index is 1.49. The second-order valence-corrected chi connectivity index (χ2v) is 15.7. The zero-order chi connectivity index (χ0) is 24.6. The van der Waals surface area contributed by atoms with Crippen LogP contribution in [-0.4, -0.2) is 36.0 Å². The maximum absolute atomic E-state index is 13.0. The largest absolute Gasteiger partial charge is 0.421 e. The van der Waals surface area contributed by atoms with E-state index in [9.17, 15) is 14.4 Å². The number of hydrogen-bond acceptors (Lipinski definition) is 5. The summed E-state index contributed by atoms with van der Waals surface area (Å²) in [7, 11) is -1.20. The van der Waals surface area contributed by atoms with Gasteiger partial charge in [0.2, 0.25) is 5.91 Å². The standard InChI is InChI=1S/C25H31N3O5Si/c1-16-21-13-19(26-17(2)29)7-8-20(21)24(30)27(16)14-18-6-9-22-23(12-18)33-25(31)28(22)15-32-10-11-34(3,4)5/h6-9,12-13,16H,10-11,14-15H2,1-5H3,(H,26,29). The lowest BCUT2D eigenvalue weighted by molar-refractivity contribution is -0.114. The molecule has 2 heterocycles. The molecule has 4 rings (SSSR count). The fourth-order valence-corrected chi connectivity index (χ4v) is 4.91. The van der Waals surface area contributed by atoms with Crippen LogP contribution in [0.1, 0.15) is 41.4 Å². The van der Waals surface area contributed by atoms with Crippen molar-refractivity contribution in [1.82, 2.24) is 9.47 Å². The van der Waals surface area contributed by atoms with Crippen LogP contribution in [0.4, 0.5) is 5.69 Å². The number of fused-ring (bicyclic) bond motifs is 2. The van der Waals surface area contributed by atoms with Gasteiger partial charge in [-0.05, 0) is 54.4 Å². The predicted molar refractivity (Wildman–Crippen MR) is 134 cm³/mol. The smallest absolute Gasteiger partial charge is 0.408 e. The summed E-state index contributed by atoms with van der Waals surface area (Å²) in [6.45, 7) is 11.4. The van der Waals surface area contributed by atoms with Crippen LogP contribution in [0.3, 0.4) is 0 Å². The second kappa shape index (κ2) is 9.23. The van der Waals surface area contributed by atoms with E-state index >= 15 is 0 Å². The lowest BCUT2D eigenvalue weighted by atomic mass is 10.0. The Morgan fingerprint density at radius 2 is 1.91 bits per heavy atom. The number of benzene rings is 2. The molecule has 1 aliphatic rings. The minimum absolute atomic E-state index is 0.0632. The molecule has 8 nitrogen and oxygen atoms in total. The summed E-state index contributed by atoms with van der Waals surface area (Å²) in [4.78, 5) is 38.6. The third kappa shape index (κ3) is 5.00. The molecule has 1 N–H and O–H groups in total. The molecule has 1 aliphatic heterocycles. The molecule has 1 atom stereocenters. The minimum atomic E-state index is -1.20. The molecule has 9 heteroatoms. The molecule has 2 amide bonds. The summed E-state index contributed by atoms with van der Waals surface area (Å²) in [5.41, 5.74) is 4.20. The van der Waals surface area contributed by atoms with Gasteiger partial charge in [0, 0.05) is 39.4 Å². The number of amides is 2. The summed E-state index contributed by atoms with van der Waals surface area (Å²) in [5.74, 6) is -0.674. The van der Waals surface area contributed by atoms with Crippen LogP contribution < -0.4 is 11.1 Å². The van der Waals surface area contributed by atoms with Crippen molar-refractivity contribution < 1.29 is 18.7 Å². The maximum atomic E-state index is 13.0. The Labute approximate surface area is 199 Å². The van der Waals surface area contributed by atoms with Gasteiger partial charge >= 0.3 is 5.76 Å². The molecule has 0 saturated heterocycles. The molecule has 3 aromatic rings. The van der Waals surface area contributed by atoms with E-state index in [0.29, 0.717) is 35.5 Å². The second-order valence-electron chi connectivity index (χ2n) is 10.0. The number of ether oxygens (including phenoxy) is 1. The van der Waals surface area contributed by atoms with E-state index in [1.54, 1.807) is 23.1 Å². The Bertz CT molecular complexity index is 1300. The first-order valence-electron chi connectivity index (χ1n) is 11.5. The minimum Gasteiger partial charge on any atom is -0.408 e. The van der Waals surface area contributed by atoms with Crippen molar-refractivity contribution >= 4 is 36.7 Å². The Morgan fingerprint density at radius 1 is 1.15 bits per heavy atom. The van der Waals surface area contributed by atoms with E-state index in [-0.39, 0.29) is 24.6 Å². The van der Waals surface area contributed by atoms with Crippen molar-refractivity contribution in [3.63, 3.8) is 0 Å². The van der Waals surface area contributed by atoms with E-state index in [4.69, 9.17) is 9.15 Å². The first-order valence-corrected chi connectivity index (χ1v) is 15.2. The lowest BCUT2D eigenvalue weighted by Gasteiger charge is -2.22. The van der Waals surface area contributed by atoms with Gasteiger partial charge in [0.05, 0.1) is 11.6 Å². The molecule has 180 valence electrons. The van der Waals surface area contributed by atoms with Crippen LogP contribution in [-0.2, 0) is 22.8 Å². The van der Waals surface area contributed by atoms with E-state index in [1.807, 2.05) is 25.1 Å². The molecular formula is C25H31N3O5Si. The Hall–Kier alpha value is -3.17. The van der Waals surface area contributed by atoms with Crippen LogP contribution >= 0.6 is 0 Å². The summed E-state index contributed by atoms with van der Waals surface area (Å²) in [6.07, 6.45) is 0. The predicted octanol–water partition coefficient (Wildman–Crippen LogP) is 4.58. The fraction of sp³-hybridized carbons (Fsp3) is 0.400. The summed E-state index contributed by atoms with van der Waals surface area (Å²) >= 11 is 0. The summed E-state index contributed by atoms with van der Waals surface area (Å²) < 4.78 is 12.7.